The Bertz CT molecular complexity index is 1010. The molecule has 2 aromatic rings. The molecule has 7 nitrogen and oxygen atoms in total. The Balaban J connectivity index is 1.51. The summed E-state index contributed by atoms with van der Waals surface area (Å²) in [4.78, 5) is 41.8. The Morgan fingerprint density at radius 2 is 1.66 bits per heavy atom. The smallest absolute Gasteiger partial charge is 0.310 e. The van der Waals surface area contributed by atoms with Gasteiger partial charge in [-0.2, -0.15) is 0 Å². The Morgan fingerprint density at radius 1 is 1.03 bits per heavy atom. The predicted octanol–water partition coefficient (Wildman–Crippen LogP) is 2.52. The highest BCUT2D eigenvalue weighted by Crippen LogP contribution is 2.42. The van der Waals surface area contributed by atoms with Gasteiger partial charge in [0, 0.05) is 12.2 Å². The number of esters is 1. The van der Waals surface area contributed by atoms with E-state index < -0.39 is 29.9 Å². The van der Waals surface area contributed by atoms with Crippen molar-refractivity contribution < 1.29 is 23.9 Å². The zero-order valence-electron chi connectivity index (χ0n) is 18.0. The fraction of sp³-hybridized carbons (Fsp3) is 0.320. The number of ether oxygens (including phenoxy) is 2. The molecule has 0 unspecified atom stereocenters. The normalized spacial score (nSPS) is 22.8. The van der Waals surface area contributed by atoms with Gasteiger partial charge in [-0.1, -0.05) is 67.2 Å². The third-order valence-electron chi connectivity index (χ3n) is 6.05. The summed E-state index contributed by atoms with van der Waals surface area (Å²) in [6.07, 6.45) is 0.288. The summed E-state index contributed by atoms with van der Waals surface area (Å²) in [7, 11) is 1.33. The molecule has 0 aliphatic carbocycles. The number of hydrogen-bond donors (Lipinski definition) is 0. The lowest BCUT2D eigenvalue weighted by molar-refractivity contribution is -0.153. The first kappa shape index (κ1) is 21.9. The van der Waals surface area contributed by atoms with Crippen LogP contribution in [0.1, 0.15) is 17.5 Å². The van der Waals surface area contributed by atoms with E-state index in [1.165, 1.54) is 7.11 Å². The van der Waals surface area contributed by atoms with Gasteiger partial charge in [-0.15, -0.1) is 0 Å². The van der Waals surface area contributed by atoms with Gasteiger partial charge in [0.2, 0.25) is 0 Å². The van der Waals surface area contributed by atoms with E-state index in [0.717, 1.165) is 16.0 Å². The molecule has 2 fully saturated rings. The summed E-state index contributed by atoms with van der Waals surface area (Å²) in [6.45, 7) is 4.54. The molecule has 32 heavy (non-hydrogen) atoms. The highest BCUT2D eigenvalue weighted by molar-refractivity contribution is 6.02. The minimum absolute atomic E-state index is 0.249. The van der Waals surface area contributed by atoms with Gasteiger partial charge in [0.1, 0.15) is 6.61 Å². The number of fused-ring (bicyclic) bond motifs is 2. The van der Waals surface area contributed by atoms with Gasteiger partial charge in [0.25, 0.3) is 11.8 Å². The number of carbonyl (C=O) groups excluding carboxylic acids is 3. The van der Waals surface area contributed by atoms with Crippen LogP contribution in [0.3, 0.4) is 0 Å². The quantitative estimate of drug-likeness (QED) is 0.624. The number of carbonyl (C=O) groups is 3. The third kappa shape index (κ3) is 4.22. The van der Waals surface area contributed by atoms with Crippen LogP contribution in [0.2, 0.25) is 0 Å². The van der Waals surface area contributed by atoms with Gasteiger partial charge in [-0.3, -0.25) is 19.3 Å². The first-order chi connectivity index (χ1) is 15.5. The summed E-state index contributed by atoms with van der Waals surface area (Å²) in [5.41, 5.74) is 2.24. The Morgan fingerprint density at radius 3 is 2.28 bits per heavy atom. The summed E-state index contributed by atoms with van der Waals surface area (Å²) in [5, 5.41) is 0. The summed E-state index contributed by atoms with van der Waals surface area (Å²) >= 11 is 0. The van der Waals surface area contributed by atoms with Crippen molar-refractivity contribution in [1.29, 1.82) is 0 Å². The lowest BCUT2D eigenvalue weighted by Gasteiger charge is -2.41. The van der Waals surface area contributed by atoms with E-state index in [-0.39, 0.29) is 25.5 Å². The largest absolute Gasteiger partial charge is 0.469 e. The highest BCUT2D eigenvalue weighted by atomic mass is 16.5. The maximum absolute atomic E-state index is 13.3. The zero-order chi connectivity index (χ0) is 22.7. The van der Waals surface area contributed by atoms with Crippen LogP contribution in [0.25, 0.3) is 0 Å². The lowest BCUT2D eigenvalue weighted by atomic mass is 9.98. The molecule has 0 N–H and O–H groups in total. The van der Waals surface area contributed by atoms with Crippen LogP contribution < -0.4 is 0 Å². The van der Waals surface area contributed by atoms with Gasteiger partial charge in [0.05, 0.1) is 31.7 Å². The van der Waals surface area contributed by atoms with Crippen molar-refractivity contribution in [2.75, 3.05) is 13.7 Å². The fourth-order valence-corrected chi connectivity index (χ4v) is 4.58. The average Bonchev–Trinajstić information content (AvgIpc) is 3.13. The fourth-order valence-electron chi connectivity index (χ4n) is 4.58. The van der Waals surface area contributed by atoms with Gasteiger partial charge in [-0.25, -0.2) is 4.90 Å². The van der Waals surface area contributed by atoms with Gasteiger partial charge >= 0.3 is 5.97 Å². The average molecular weight is 434 g/mol. The van der Waals surface area contributed by atoms with E-state index in [4.69, 9.17) is 9.47 Å². The number of likely N-dealkylation sites (tertiary alicyclic amines) is 1. The third-order valence-corrected chi connectivity index (χ3v) is 6.05. The standard InChI is InChI=1S/C25H26N2O5/c1-17-23-20(25(30)31-2)13-21(26(23)14-18-9-5-3-6-10-18)24(29)27(17)22(28)16-32-15-19-11-7-4-8-12-19/h3-12,20-21,23H,1,13-16H2,2H3/t20-,21+,23+/m1/s1. The SMILES string of the molecule is C=C1[C@H]2[C@H](C(=O)OC)C[C@@H](C(=O)N1C(=O)COCc1ccccc1)N2Cc1ccccc1. The molecule has 7 heteroatoms. The van der Waals surface area contributed by atoms with Crippen molar-refractivity contribution in [3.8, 4) is 0 Å². The first-order valence-electron chi connectivity index (χ1n) is 10.6. The van der Waals surface area contributed by atoms with E-state index in [2.05, 4.69) is 6.58 Å². The van der Waals surface area contributed by atoms with Crippen molar-refractivity contribution in [3.63, 3.8) is 0 Å². The molecule has 2 heterocycles. The second kappa shape index (κ2) is 9.46. The second-order valence-corrected chi connectivity index (χ2v) is 8.02. The van der Waals surface area contributed by atoms with Crippen LogP contribution in [0.5, 0.6) is 0 Å². The van der Waals surface area contributed by atoms with Gasteiger partial charge in [-0.05, 0) is 17.5 Å². The Hall–Kier alpha value is -3.29. The first-order valence-corrected chi connectivity index (χ1v) is 10.6. The predicted molar refractivity (Wildman–Crippen MR) is 117 cm³/mol. The molecule has 0 radical (unpaired) electrons. The number of amides is 2. The summed E-state index contributed by atoms with van der Waals surface area (Å²) in [6, 6.07) is 18.1. The summed E-state index contributed by atoms with van der Waals surface area (Å²) in [5.74, 6) is -1.81. The van der Waals surface area contributed by atoms with Gasteiger partial charge in [0.15, 0.2) is 0 Å². The Kier molecular flexibility index (Phi) is 6.48. The monoisotopic (exact) mass is 434 g/mol. The molecule has 0 saturated carbocycles. The maximum atomic E-state index is 13.3. The molecular formula is C25H26N2O5. The molecule has 166 valence electrons. The van der Waals surface area contributed by atoms with Crippen LogP contribution in [0.4, 0.5) is 0 Å². The molecular weight excluding hydrogens is 408 g/mol. The molecule has 2 amide bonds. The van der Waals surface area contributed by atoms with E-state index in [9.17, 15) is 14.4 Å². The number of hydrogen-bond acceptors (Lipinski definition) is 6. The van der Waals surface area contributed by atoms with Gasteiger partial charge < -0.3 is 9.47 Å². The number of methoxy groups -OCH3 is 1. The van der Waals surface area contributed by atoms with E-state index >= 15 is 0 Å². The minimum Gasteiger partial charge on any atom is -0.469 e. The van der Waals surface area contributed by atoms with Crippen LogP contribution in [0, 0.1) is 5.92 Å². The van der Waals surface area contributed by atoms with E-state index in [1.807, 2.05) is 65.6 Å². The van der Waals surface area contributed by atoms with Crippen molar-refractivity contribution in [1.82, 2.24) is 9.80 Å². The van der Waals surface area contributed by atoms with E-state index in [0.29, 0.717) is 12.2 Å². The molecule has 2 saturated heterocycles. The number of benzene rings is 2. The lowest BCUT2D eigenvalue weighted by Crippen LogP contribution is -2.58. The van der Waals surface area contributed by atoms with Crippen molar-refractivity contribution in [3.05, 3.63) is 84.1 Å². The number of rotatable bonds is 7. The number of imide groups is 1. The molecule has 3 atom stereocenters. The van der Waals surface area contributed by atoms with Crippen molar-refractivity contribution in [2.24, 2.45) is 5.92 Å². The molecule has 2 aromatic carbocycles. The highest BCUT2D eigenvalue weighted by Gasteiger charge is 2.56. The molecule has 0 spiro atoms. The second-order valence-electron chi connectivity index (χ2n) is 8.02. The van der Waals surface area contributed by atoms with Crippen LogP contribution in [-0.2, 0) is 37.0 Å². The zero-order valence-corrected chi connectivity index (χ0v) is 18.0. The number of piperazine rings is 1. The minimum atomic E-state index is -0.604. The molecule has 4 rings (SSSR count). The van der Waals surface area contributed by atoms with Crippen molar-refractivity contribution >= 4 is 17.8 Å². The van der Waals surface area contributed by atoms with Crippen molar-refractivity contribution in [2.45, 2.75) is 31.7 Å². The molecule has 2 bridgehead atoms. The number of nitrogens with zero attached hydrogens (tertiary/aromatic N) is 2. The Labute approximate surface area is 187 Å². The van der Waals surface area contributed by atoms with Crippen LogP contribution in [0.15, 0.2) is 72.9 Å². The van der Waals surface area contributed by atoms with Crippen LogP contribution in [-0.4, -0.2) is 53.4 Å². The van der Waals surface area contributed by atoms with Crippen LogP contribution >= 0.6 is 0 Å². The molecule has 2 aliphatic heterocycles. The topological polar surface area (TPSA) is 76.2 Å². The maximum Gasteiger partial charge on any atom is 0.310 e. The summed E-state index contributed by atoms with van der Waals surface area (Å²) < 4.78 is 10.5. The molecule has 0 aromatic heterocycles. The van der Waals surface area contributed by atoms with E-state index in [1.54, 1.807) is 0 Å². The molecule has 2 aliphatic rings.